The predicted molar refractivity (Wildman–Crippen MR) is 117 cm³/mol. The summed E-state index contributed by atoms with van der Waals surface area (Å²) in [6.45, 7) is 0.863. The molecule has 8 nitrogen and oxygen atoms in total. The summed E-state index contributed by atoms with van der Waals surface area (Å²) in [5.74, 6) is 0.00814. The van der Waals surface area contributed by atoms with Gasteiger partial charge in [-0.3, -0.25) is 10.00 Å². The van der Waals surface area contributed by atoms with Crippen LogP contribution in [0.2, 0.25) is 0 Å². The molecule has 0 fully saturated rings. The minimum absolute atomic E-state index is 0.00814. The summed E-state index contributed by atoms with van der Waals surface area (Å²) >= 11 is 0. The van der Waals surface area contributed by atoms with Crippen molar-refractivity contribution in [1.29, 1.82) is 0 Å². The summed E-state index contributed by atoms with van der Waals surface area (Å²) in [6, 6.07) is 16.4. The average Bonchev–Trinajstić information content (AvgIpc) is 3.34. The number of amides is 1. The van der Waals surface area contributed by atoms with Gasteiger partial charge in [-0.2, -0.15) is 10.2 Å². The summed E-state index contributed by atoms with van der Waals surface area (Å²) in [7, 11) is 3.27. The first-order valence-corrected chi connectivity index (χ1v) is 10.1. The van der Waals surface area contributed by atoms with Gasteiger partial charge in [-0.1, -0.05) is 48.5 Å². The number of carbonyl (C=O) groups is 1. The Kier molecular flexibility index (Phi) is 6.31. The van der Waals surface area contributed by atoms with E-state index in [1.165, 1.54) is 40.6 Å². The number of aliphatic hydroxyl groups excluding tert-OH is 1. The fourth-order valence-electron chi connectivity index (χ4n) is 3.93. The van der Waals surface area contributed by atoms with Crippen LogP contribution in [-0.4, -0.2) is 59.5 Å². The third-order valence-electron chi connectivity index (χ3n) is 5.40. The lowest BCUT2D eigenvalue weighted by molar-refractivity contribution is -0.129. The number of aliphatic hydroxyl groups is 1. The molecule has 0 spiro atoms. The van der Waals surface area contributed by atoms with Crippen molar-refractivity contribution < 1.29 is 19.5 Å². The van der Waals surface area contributed by atoms with Gasteiger partial charge < -0.3 is 14.7 Å². The fourth-order valence-corrected chi connectivity index (χ4v) is 3.93. The van der Waals surface area contributed by atoms with Crippen molar-refractivity contribution in [3.05, 3.63) is 72.1 Å². The van der Waals surface area contributed by atoms with Gasteiger partial charge in [-0.15, -0.1) is 0 Å². The fraction of sp³-hybridized carbons (Fsp3) is 0.304. The molecule has 2 N–H and O–H groups in total. The Morgan fingerprint density at radius 1 is 1.19 bits per heavy atom. The lowest BCUT2D eigenvalue weighted by Gasteiger charge is -2.17. The van der Waals surface area contributed by atoms with Gasteiger partial charge in [0.1, 0.15) is 6.61 Å². The van der Waals surface area contributed by atoms with E-state index in [-0.39, 0.29) is 19.1 Å². The van der Waals surface area contributed by atoms with E-state index in [9.17, 15) is 9.90 Å². The maximum atomic E-state index is 12.4. The molecular formula is C23H26N4O4. The molecule has 1 aromatic heterocycles. The highest BCUT2D eigenvalue weighted by Crippen LogP contribution is 2.44. The van der Waals surface area contributed by atoms with Crippen LogP contribution in [0.4, 0.5) is 10.5 Å². The lowest BCUT2D eigenvalue weighted by Crippen LogP contribution is -2.31. The number of carbonyl (C=O) groups excluding carboxylic acids is 1. The number of nitrogens with zero attached hydrogens (tertiary/aromatic N) is 3. The standard InChI is InChI=1S/C23H26N4O4/c1-26(30-2)13-17(28)14-27-12-16(11-24-27)25-23(29)31-15-22-20-9-5-3-7-18(20)19-8-4-6-10-21(19)22/h3-12,17,22,28H,13-15H2,1-2H3,(H,25,29). The number of aromatic nitrogens is 2. The Balaban J connectivity index is 1.34. The third kappa shape index (κ3) is 4.77. The SMILES string of the molecule is CON(C)CC(O)Cn1cc(NC(=O)OCC2c3ccccc3-c3ccccc32)cn1. The van der Waals surface area contributed by atoms with E-state index in [0.717, 1.165) is 0 Å². The molecule has 1 aliphatic rings. The first-order valence-electron chi connectivity index (χ1n) is 10.1. The molecule has 0 bridgehead atoms. The van der Waals surface area contributed by atoms with Crippen LogP contribution in [0.3, 0.4) is 0 Å². The summed E-state index contributed by atoms with van der Waals surface area (Å²) < 4.78 is 7.10. The van der Waals surface area contributed by atoms with Gasteiger partial charge in [0.05, 0.1) is 38.2 Å². The zero-order valence-corrected chi connectivity index (χ0v) is 17.6. The predicted octanol–water partition coefficient (Wildman–Crippen LogP) is 3.10. The molecule has 0 radical (unpaired) electrons. The van der Waals surface area contributed by atoms with Crippen LogP contribution in [0.5, 0.6) is 0 Å². The molecule has 162 valence electrons. The van der Waals surface area contributed by atoms with Crippen LogP contribution in [0.15, 0.2) is 60.9 Å². The van der Waals surface area contributed by atoms with E-state index in [1.807, 2.05) is 24.3 Å². The average molecular weight is 422 g/mol. The summed E-state index contributed by atoms with van der Waals surface area (Å²) in [4.78, 5) is 17.4. The van der Waals surface area contributed by atoms with Crippen LogP contribution in [-0.2, 0) is 16.1 Å². The van der Waals surface area contributed by atoms with Crippen molar-refractivity contribution in [3.63, 3.8) is 0 Å². The van der Waals surface area contributed by atoms with Crippen LogP contribution in [0, 0.1) is 0 Å². The summed E-state index contributed by atoms with van der Waals surface area (Å²) in [5, 5.41) is 18.5. The maximum Gasteiger partial charge on any atom is 0.411 e. The Morgan fingerprint density at radius 2 is 1.84 bits per heavy atom. The number of hydrogen-bond acceptors (Lipinski definition) is 6. The van der Waals surface area contributed by atoms with Gasteiger partial charge >= 0.3 is 6.09 Å². The molecule has 1 amide bonds. The highest BCUT2D eigenvalue weighted by Gasteiger charge is 2.29. The summed E-state index contributed by atoms with van der Waals surface area (Å²) in [6.07, 6.45) is 1.97. The number of hydrogen-bond donors (Lipinski definition) is 2. The van der Waals surface area contributed by atoms with E-state index in [1.54, 1.807) is 17.9 Å². The largest absolute Gasteiger partial charge is 0.448 e. The van der Waals surface area contributed by atoms with Gasteiger partial charge in [0, 0.05) is 19.2 Å². The first kappa shape index (κ1) is 21.0. The van der Waals surface area contributed by atoms with Crippen molar-refractivity contribution in [2.45, 2.75) is 18.6 Å². The van der Waals surface area contributed by atoms with Gasteiger partial charge in [-0.25, -0.2) is 4.79 Å². The monoisotopic (exact) mass is 422 g/mol. The van der Waals surface area contributed by atoms with Crippen molar-refractivity contribution in [2.75, 3.05) is 32.6 Å². The van der Waals surface area contributed by atoms with E-state index in [2.05, 4.69) is 34.7 Å². The minimum Gasteiger partial charge on any atom is -0.448 e. The number of rotatable bonds is 8. The molecule has 0 saturated carbocycles. The Labute approximate surface area is 181 Å². The topological polar surface area (TPSA) is 88.9 Å². The maximum absolute atomic E-state index is 12.4. The Hall–Kier alpha value is -3.20. The zero-order valence-electron chi connectivity index (χ0n) is 17.6. The molecule has 1 heterocycles. The molecule has 4 rings (SSSR count). The van der Waals surface area contributed by atoms with Crippen molar-refractivity contribution >= 4 is 11.8 Å². The second kappa shape index (κ2) is 9.30. The second-order valence-corrected chi connectivity index (χ2v) is 7.55. The molecular weight excluding hydrogens is 396 g/mol. The van der Waals surface area contributed by atoms with Crippen molar-refractivity contribution in [1.82, 2.24) is 14.8 Å². The van der Waals surface area contributed by atoms with Gasteiger partial charge in [0.15, 0.2) is 0 Å². The van der Waals surface area contributed by atoms with E-state index in [4.69, 9.17) is 9.57 Å². The number of benzene rings is 2. The number of fused-ring (bicyclic) bond motifs is 3. The number of anilines is 1. The second-order valence-electron chi connectivity index (χ2n) is 7.55. The van der Waals surface area contributed by atoms with Crippen LogP contribution in [0.25, 0.3) is 11.1 Å². The quantitative estimate of drug-likeness (QED) is 0.543. The summed E-state index contributed by atoms with van der Waals surface area (Å²) in [5.41, 5.74) is 5.21. The van der Waals surface area contributed by atoms with E-state index >= 15 is 0 Å². The first-order chi connectivity index (χ1) is 15.0. The van der Waals surface area contributed by atoms with Gasteiger partial charge in [0.2, 0.25) is 0 Å². The Bertz CT molecular complexity index is 1010. The normalized spacial score (nSPS) is 13.7. The highest BCUT2D eigenvalue weighted by molar-refractivity contribution is 5.84. The van der Waals surface area contributed by atoms with Crippen LogP contribution < -0.4 is 5.32 Å². The molecule has 1 unspecified atom stereocenters. The molecule has 2 aromatic carbocycles. The molecule has 8 heteroatoms. The third-order valence-corrected chi connectivity index (χ3v) is 5.40. The molecule has 1 atom stereocenters. The lowest BCUT2D eigenvalue weighted by atomic mass is 9.98. The van der Waals surface area contributed by atoms with E-state index in [0.29, 0.717) is 12.2 Å². The van der Waals surface area contributed by atoms with Gasteiger partial charge in [-0.05, 0) is 22.3 Å². The molecule has 0 saturated heterocycles. The molecule has 1 aliphatic carbocycles. The van der Waals surface area contributed by atoms with E-state index < -0.39 is 12.2 Å². The minimum atomic E-state index is -0.660. The molecule has 31 heavy (non-hydrogen) atoms. The van der Waals surface area contributed by atoms with Crippen molar-refractivity contribution in [2.24, 2.45) is 0 Å². The number of likely N-dealkylation sites (N-methyl/N-ethyl adjacent to an activating group) is 1. The molecule has 0 aliphatic heterocycles. The van der Waals surface area contributed by atoms with Crippen LogP contribution >= 0.6 is 0 Å². The smallest absolute Gasteiger partial charge is 0.411 e. The number of nitrogens with one attached hydrogen (secondary N) is 1. The molecule has 3 aromatic rings. The zero-order chi connectivity index (χ0) is 21.8. The van der Waals surface area contributed by atoms with Gasteiger partial charge in [0.25, 0.3) is 0 Å². The number of ether oxygens (including phenoxy) is 1. The number of hydroxylamine groups is 2. The highest BCUT2D eigenvalue weighted by atomic mass is 16.7. The van der Waals surface area contributed by atoms with Crippen molar-refractivity contribution in [3.8, 4) is 11.1 Å². The van der Waals surface area contributed by atoms with Crippen LogP contribution in [0.1, 0.15) is 17.0 Å². The Morgan fingerprint density at radius 3 is 2.48 bits per heavy atom.